The van der Waals surface area contributed by atoms with E-state index in [-0.39, 0.29) is 32.1 Å². The Morgan fingerprint density at radius 3 is 2.29 bits per heavy atom. The van der Waals surface area contributed by atoms with Crippen molar-refractivity contribution >= 4 is 23.5 Å². The van der Waals surface area contributed by atoms with E-state index in [0.29, 0.717) is 19.4 Å². The van der Waals surface area contributed by atoms with Crippen LogP contribution in [0.2, 0.25) is 0 Å². The Hall–Kier alpha value is -3.35. The predicted octanol–water partition coefficient (Wildman–Crippen LogP) is 3.62. The van der Waals surface area contributed by atoms with Crippen molar-refractivity contribution in [2.75, 3.05) is 31.6 Å². The first-order valence-electron chi connectivity index (χ1n) is 12.0. The summed E-state index contributed by atoms with van der Waals surface area (Å²) in [5, 5.41) is 3.15. The Labute approximate surface area is 201 Å². The van der Waals surface area contributed by atoms with E-state index in [9.17, 15) is 14.4 Å². The molecule has 3 rings (SSSR count). The molecule has 2 aromatic carbocycles. The van der Waals surface area contributed by atoms with Gasteiger partial charge in [-0.25, -0.2) is 4.79 Å². The van der Waals surface area contributed by atoms with Crippen molar-refractivity contribution in [3.05, 3.63) is 65.7 Å². The summed E-state index contributed by atoms with van der Waals surface area (Å²) in [5.74, 6) is -1.84. The Balaban J connectivity index is 1.83. The van der Waals surface area contributed by atoms with Crippen LogP contribution >= 0.6 is 0 Å². The van der Waals surface area contributed by atoms with Crippen molar-refractivity contribution in [2.45, 2.75) is 45.6 Å². The molecule has 0 bridgehead atoms. The Morgan fingerprint density at radius 2 is 1.65 bits per heavy atom. The molecule has 1 aliphatic rings. The van der Waals surface area contributed by atoms with Gasteiger partial charge in [0, 0.05) is 25.2 Å². The third-order valence-corrected chi connectivity index (χ3v) is 6.16. The van der Waals surface area contributed by atoms with Gasteiger partial charge in [-0.15, -0.1) is 0 Å². The normalized spacial score (nSPS) is 17.3. The van der Waals surface area contributed by atoms with Gasteiger partial charge in [0.15, 0.2) is 0 Å². The first-order chi connectivity index (χ1) is 16.4. The van der Waals surface area contributed by atoms with E-state index in [2.05, 4.69) is 5.32 Å². The summed E-state index contributed by atoms with van der Waals surface area (Å²) < 4.78 is 10.7. The first-order valence-corrected chi connectivity index (χ1v) is 12.0. The Morgan fingerprint density at radius 1 is 0.971 bits per heavy atom. The van der Waals surface area contributed by atoms with Crippen LogP contribution in [0.1, 0.15) is 38.3 Å². The molecule has 0 radical (unpaired) electrons. The maximum atomic E-state index is 13.9. The SMILES string of the molecule is CCOC(=O)[C@H](CCc1ccccc1)CN(CC)C(=O)[C@]1(C(=O)OCC)Cc2ccccc2N1. The van der Waals surface area contributed by atoms with E-state index in [0.717, 1.165) is 16.8 Å². The zero-order valence-corrected chi connectivity index (χ0v) is 20.2. The average Bonchev–Trinajstić information content (AvgIpc) is 3.26. The number of ether oxygens (including phenoxy) is 2. The van der Waals surface area contributed by atoms with Crippen LogP contribution < -0.4 is 5.32 Å². The largest absolute Gasteiger partial charge is 0.466 e. The zero-order valence-electron chi connectivity index (χ0n) is 20.2. The number of carbonyl (C=O) groups is 3. The molecule has 1 amide bonds. The van der Waals surface area contributed by atoms with Gasteiger partial charge in [0.25, 0.3) is 5.91 Å². The van der Waals surface area contributed by atoms with Crippen molar-refractivity contribution in [3.8, 4) is 0 Å². The van der Waals surface area contributed by atoms with Crippen LogP contribution in [0.5, 0.6) is 0 Å². The van der Waals surface area contributed by atoms with Gasteiger partial charge in [-0.2, -0.15) is 0 Å². The number of aryl methyl sites for hydroxylation is 1. The molecule has 0 saturated heterocycles. The van der Waals surface area contributed by atoms with Crippen LogP contribution in [0.25, 0.3) is 0 Å². The summed E-state index contributed by atoms with van der Waals surface area (Å²) in [5.41, 5.74) is 1.19. The molecule has 2 atom stereocenters. The van der Waals surface area contributed by atoms with Gasteiger partial charge in [-0.3, -0.25) is 9.59 Å². The Bertz CT molecular complexity index is 967. The van der Waals surface area contributed by atoms with E-state index in [1.165, 1.54) is 0 Å². The minimum absolute atomic E-state index is 0.167. The fourth-order valence-electron chi connectivity index (χ4n) is 4.37. The number of likely N-dealkylation sites (N-methyl/N-ethyl adjacent to an activating group) is 1. The molecule has 0 aliphatic carbocycles. The van der Waals surface area contributed by atoms with E-state index in [1.807, 2.05) is 61.5 Å². The lowest BCUT2D eigenvalue weighted by Crippen LogP contribution is -2.60. The topological polar surface area (TPSA) is 84.9 Å². The smallest absolute Gasteiger partial charge is 0.342 e. The molecule has 7 heteroatoms. The maximum Gasteiger partial charge on any atom is 0.342 e. The van der Waals surface area contributed by atoms with Crippen LogP contribution in [0, 0.1) is 5.92 Å². The van der Waals surface area contributed by atoms with Crippen molar-refractivity contribution in [1.29, 1.82) is 0 Å². The number of hydrogen-bond donors (Lipinski definition) is 1. The van der Waals surface area contributed by atoms with Gasteiger partial charge in [0.1, 0.15) is 0 Å². The van der Waals surface area contributed by atoms with E-state index < -0.39 is 23.3 Å². The lowest BCUT2D eigenvalue weighted by atomic mass is 9.92. The highest BCUT2D eigenvalue weighted by Gasteiger charge is 2.53. The lowest BCUT2D eigenvalue weighted by Gasteiger charge is -2.34. The molecule has 1 N–H and O–H groups in total. The minimum Gasteiger partial charge on any atom is -0.466 e. The molecule has 2 aromatic rings. The van der Waals surface area contributed by atoms with Gasteiger partial charge < -0.3 is 19.7 Å². The average molecular weight is 467 g/mol. The number of benzene rings is 2. The number of amides is 1. The number of para-hydroxylation sites is 1. The van der Waals surface area contributed by atoms with Gasteiger partial charge >= 0.3 is 11.9 Å². The lowest BCUT2D eigenvalue weighted by molar-refractivity contribution is -0.157. The molecule has 7 nitrogen and oxygen atoms in total. The van der Waals surface area contributed by atoms with Crippen LogP contribution in [0.3, 0.4) is 0 Å². The number of anilines is 1. The van der Waals surface area contributed by atoms with Crippen molar-refractivity contribution in [1.82, 2.24) is 4.90 Å². The third-order valence-electron chi connectivity index (χ3n) is 6.16. The quantitative estimate of drug-likeness (QED) is 0.402. The van der Waals surface area contributed by atoms with E-state index >= 15 is 0 Å². The molecule has 0 aromatic heterocycles. The highest BCUT2D eigenvalue weighted by Crippen LogP contribution is 2.35. The molecule has 34 heavy (non-hydrogen) atoms. The second-order valence-corrected chi connectivity index (χ2v) is 8.40. The molecule has 0 fully saturated rings. The predicted molar refractivity (Wildman–Crippen MR) is 130 cm³/mol. The van der Waals surface area contributed by atoms with Gasteiger partial charge in [-0.05, 0) is 50.8 Å². The summed E-state index contributed by atoms with van der Waals surface area (Å²) >= 11 is 0. The first kappa shape index (κ1) is 25.3. The molecular formula is C27H34N2O5. The summed E-state index contributed by atoms with van der Waals surface area (Å²) in [7, 11) is 0. The number of hydrogen-bond acceptors (Lipinski definition) is 6. The van der Waals surface area contributed by atoms with Crippen LogP contribution in [0.15, 0.2) is 54.6 Å². The molecule has 0 saturated carbocycles. The Kier molecular flexibility index (Phi) is 8.68. The monoisotopic (exact) mass is 466 g/mol. The highest BCUT2D eigenvalue weighted by atomic mass is 16.5. The van der Waals surface area contributed by atoms with Gasteiger partial charge in [-0.1, -0.05) is 48.5 Å². The summed E-state index contributed by atoms with van der Waals surface area (Å²) in [6.45, 7) is 6.28. The fraction of sp³-hybridized carbons (Fsp3) is 0.444. The molecule has 1 aliphatic heterocycles. The zero-order chi connectivity index (χ0) is 24.6. The number of nitrogens with zero attached hydrogens (tertiary/aromatic N) is 1. The van der Waals surface area contributed by atoms with E-state index in [1.54, 1.807) is 18.7 Å². The summed E-state index contributed by atoms with van der Waals surface area (Å²) in [6, 6.07) is 17.4. The second kappa shape index (κ2) is 11.7. The molecule has 0 spiro atoms. The van der Waals surface area contributed by atoms with Crippen molar-refractivity contribution < 1.29 is 23.9 Å². The van der Waals surface area contributed by atoms with Crippen LogP contribution in [0.4, 0.5) is 5.69 Å². The molecule has 182 valence electrons. The van der Waals surface area contributed by atoms with Crippen molar-refractivity contribution in [2.24, 2.45) is 5.92 Å². The summed E-state index contributed by atoms with van der Waals surface area (Å²) in [4.78, 5) is 41.3. The number of carbonyl (C=O) groups excluding carboxylic acids is 3. The maximum absolute atomic E-state index is 13.9. The third kappa shape index (κ3) is 5.58. The van der Waals surface area contributed by atoms with Crippen LogP contribution in [-0.4, -0.2) is 54.6 Å². The second-order valence-electron chi connectivity index (χ2n) is 8.40. The fourth-order valence-corrected chi connectivity index (χ4v) is 4.37. The molecular weight excluding hydrogens is 432 g/mol. The molecule has 0 unspecified atom stereocenters. The van der Waals surface area contributed by atoms with E-state index in [4.69, 9.17) is 9.47 Å². The van der Waals surface area contributed by atoms with Crippen molar-refractivity contribution in [3.63, 3.8) is 0 Å². The highest BCUT2D eigenvalue weighted by molar-refractivity contribution is 6.12. The number of esters is 2. The standard InChI is InChI=1S/C27H34N2O5/c1-4-29(19-22(24(30)33-5-2)17-16-20-12-8-7-9-13-20)25(31)27(26(32)34-6-3)18-21-14-10-11-15-23(21)28-27/h7-15,22,28H,4-6,16-19H2,1-3H3/t22-,27+/m1/s1. The number of fused-ring (bicyclic) bond motifs is 1. The van der Waals surface area contributed by atoms with Gasteiger partial charge in [0.05, 0.1) is 19.1 Å². The molecule has 1 heterocycles. The minimum atomic E-state index is -1.55. The number of nitrogens with one attached hydrogen (secondary N) is 1. The van der Waals surface area contributed by atoms with Gasteiger partial charge in [0.2, 0.25) is 5.54 Å². The summed E-state index contributed by atoms with van der Waals surface area (Å²) in [6.07, 6.45) is 1.42. The van der Waals surface area contributed by atoms with Crippen LogP contribution in [-0.2, 0) is 36.7 Å². The number of rotatable bonds is 11.